The molecule has 3 heteroatoms. The molecule has 0 amide bonds. The van der Waals surface area contributed by atoms with Gasteiger partial charge < -0.3 is 9.47 Å². The average Bonchev–Trinajstić information content (AvgIpc) is 3.09. The fraction of sp³-hybridized carbons (Fsp3) is 0.444. The molecule has 0 atom stereocenters. The minimum Gasteiger partial charge on any atom is -0.494 e. The van der Waals surface area contributed by atoms with Gasteiger partial charge in [0.15, 0.2) is 0 Å². The van der Waals surface area contributed by atoms with E-state index in [2.05, 4.69) is 49.9 Å². The topological polar surface area (TPSA) is 35.5 Å². The number of carbonyl (C=O) groups is 1. The van der Waals surface area contributed by atoms with Crippen LogP contribution in [0.3, 0.4) is 0 Å². The van der Waals surface area contributed by atoms with Gasteiger partial charge in [-0.3, -0.25) is 0 Å². The SMILES string of the molecule is C=C(C)C(=O)OCCCCCOc1ccc2c(c1)Cc1cc(CCCCC)ccc1-2. The third-order valence-electron chi connectivity index (χ3n) is 5.63. The number of hydrogen-bond acceptors (Lipinski definition) is 3. The summed E-state index contributed by atoms with van der Waals surface area (Å²) in [6.07, 6.45) is 8.79. The van der Waals surface area contributed by atoms with Crippen molar-refractivity contribution in [3.8, 4) is 16.9 Å². The lowest BCUT2D eigenvalue weighted by molar-refractivity contribution is -0.139. The molecule has 0 aromatic heterocycles. The van der Waals surface area contributed by atoms with Gasteiger partial charge in [-0.05, 0) is 85.4 Å². The van der Waals surface area contributed by atoms with Crippen LogP contribution < -0.4 is 4.74 Å². The van der Waals surface area contributed by atoms with Gasteiger partial charge in [0.05, 0.1) is 13.2 Å². The van der Waals surface area contributed by atoms with Gasteiger partial charge in [-0.15, -0.1) is 0 Å². The highest BCUT2D eigenvalue weighted by Crippen LogP contribution is 2.39. The summed E-state index contributed by atoms with van der Waals surface area (Å²) in [5.41, 5.74) is 7.43. The summed E-state index contributed by atoms with van der Waals surface area (Å²) in [5, 5.41) is 0. The highest BCUT2D eigenvalue weighted by molar-refractivity contribution is 5.86. The molecule has 0 saturated carbocycles. The van der Waals surface area contributed by atoms with E-state index in [1.165, 1.54) is 53.5 Å². The molecule has 3 nitrogen and oxygen atoms in total. The largest absolute Gasteiger partial charge is 0.494 e. The normalized spacial score (nSPS) is 11.7. The van der Waals surface area contributed by atoms with Crippen LogP contribution in [-0.2, 0) is 22.4 Å². The van der Waals surface area contributed by atoms with Crippen molar-refractivity contribution in [3.63, 3.8) is 0 Å². The molecule has 3 rings (SSSR count). The van der Waals surface area contributed by atoms with Crippen molar-refractivity contribution >= 4 is 5.97 Å². The van der Waals surface area contributed by atoms with Crippen LogP contribution in [0.5, 0.6) is 5.75 Å². The molecule has 0 fully saturated rings. The second kappa shape index (κ2) is 11.0. The van der Waals surface area contributed by atoms with Crippen LogP contribution in [0.1, 0.15) is 69.1 Å². The Morgan fingerprint density at radius 2 is 1.67 bits per heavy atom. The summed E-state index contributed by atoms with van der Waals surface area (Å²) in [6, 6.07) is 13.5. The Labute approximate surface area is 181 Å². The van der Waals surface area contributed by atoms with E-state index in [1.807, 2.05) is 0 Å². The molecule has 0 aliphatic heterocycles. The van der Waals surface area contributed by atoms with Gasteiger partial charge in [0.2, 0.25) is 0 Å². The minimum absolute atomic E-state index is 0.307. The molecule has 0 unspecified atom stereocenters. The molecule has 160 valence electrons. The summed E-state index contributed by atoms with van der Waals surface area (Å²) in [7, 11) is 0. The molecule has 2 aromatic rings. The lowest BCUT2D eigenvalue weighted by Crippen LogP contribution is -2.06. The second-order valence-corrected chi connectivity index (χ2v) is 8.27. The number of benzene rings is 2. The van der Waals surface area contributed by atoms with Crippen molar-refractivity contribution in [2.45, 2.75) is 65.2 Å². The summed E-state index contributed by atoms with van der Waals surface area (Å²) in [4.78, 5) is 11.3. The van der Waals surface area contributed by atoms with Crippen LogP contribution in [0.25, 0.3) is 11.1 Å². The molecule has 0 saturated heterocycles. The van der Waals surface area contributed by atoms with E-state index in [0.29, 0.717) is 18.8 Å². The summed E-state index contributed by atoms with van der Waals surface area (Å²) >= 11 is 0. The number of hydrogen-bond donors (Lipinski definition) is 0. The predicted molar refractivity (Wildman–Crippen MR) is 123 cm³/mol. The smallest absolute Gasteiger partial charge is 0.333 e. The fourth-order valence-electron chi connectivity index (χ4n) is 3.92. The van der Waals surface area contributed by atoms with Gasteiger partial charge in [-0.1, -0.05) is 50.6 Å². The van der Waals surface area contributed by atoms with Gasteiger partial charge in [0.1, 0.15) is 5.75 Å². The Bertz CT molecular complexity index is 882. The van der Waals surface area contributed by atoms with E-state index >= 15 is 0 Å². The predicted octanol–water partition coefficient (Wildman–Crippen LogP) is 6.66. The van der Waals surface area contributed by atoms with E-state index in [0.717, 1.165) is 31.4 Å². The minimum atomic E-state index is -0.307. The third kappa shape index (κ3) is 5.98. The van der Waals surface area contributed by atoms with Crippen LogP contribution in [0.2, 0.25) is 0 Å². The maximum atomic E-state index is 11.3. The molecule has 1 aliphatic carbocycles. The molecule has 0 N–H and O–H groups in total. The zero-order valence-electron chi connectivity index (χ0n) is 18.5. The number of fused-ring (bicyclic) bond motifs is 3. The van der Waals surface area contributed by atoms with Crippen LogP contribution in [-0.4, -0.2) is 19.2 Å². The van der Waals surface area contributed by atoms with E-state index < -0.39 is 0 Å². The second-order valence-electron chi connectivity index (χ2n) is 8.27. The molecular formula is C27H34O3. The summed E-state index contributed by atoms with van der Waals surface area (Å²) < 4.78 is 11.1. The van der Waals surface area contributed by atoms with Crippen molar-refractivity contribution < 1.29 is 14.3 Å². The number of aryl methyl sites for hydroxylation is 1. The highest BCUT2D eigenvalue weighted by Gasteiger charge is 2.19. The Morgan fingerprint density at radius 3 is 2.43 bits per heavy atom. The first-order valence-corrected chi connectivity index (χ1v) is 11.3. The Kier molecular flexibility index (Phi) is 8.12. The quantitative estimate of drug-likeness (QED) is 0.192. The molecule has 1 aliphatic rings. The first kappa shape index (κ1) is 22.1. The Morgan fingerprint density at radius 1 is 0.933 bits per heavy atom. The molecule has 0 bridgehead atoms. The summed E-state index contributed by atoms with van der Waals surface area (Å²) in [6.45, 7) is 8.62. The number of esters is 1. The molecular weight excluding hydrogens is 372 g/mol. The van der Waals surface area contributed by atoms with E-state index in [-0.39, 0.29) is 5.97 Å². The Hall–Kier alpha value is -2.55. The lowest BCUT2D eigenvalue weighted by Gasteiger charge is -2.09. The Balaban J connectivity index is 1.44. The van der Waals surface area contributed by atoms with Crippen LogP contribution >= 0.6 is 0 Å². The highest BCUT2D eigenvalue weighted by atomic mass is 16.5. The van der Waals surface area contributed by atoms with Crippen molar-refractivity contribution in [3.05, 3.63) is 65.2 Å². The standard InChI is InChI=1S/C27H34O3/c1-4-5-7-10-21-11-13-25-22(17-21)18-23-19-24(12-14-26(23)25)29-15-8-6-9-16-30-27(28)20(2)3/h11-14,17,19H,2,4-10,15-16,18H2,1,3H3. The lowest BCUT2D eigenvalue weighted by atomic mass is 10.0. The van der Waals surface area contributed by atoms with E-state index in [9.17, 15) is 4.79 Å². The van der Waals surface area contributed by atoms with Gasteiger partial charge in [-0.25, -0.2) is 4.79 Å². The number of carbonyl (C=O) groups excluding carboxylic acids is 1. The van der Waals surface area contributed by atoms with Crippen LogP contribution in [0.15, 0.2) is 48.6 Å². The molecule has 0 radical (unpaired) electrons. The maximum absolute atomic E-state index is 11.3. The zero-order chi connectivity index (χ0) is 21.3. The van der Waals surface area contributed by atoms with Gasteiger partial charge in [0, 0.05) is 5.57 Å². The van der Waals surface area contributed by atoms with Crippen molar-refractivity contribution in [1.82, 2.24) is 0 Å². The maximum Gasteiger partial charge on any atom is 0.333 e. The third-order valence-corrected chi connectivity index (χ3v) is 5.63. The zero-order valence-corrected chi connectivity index (χ0v) is 18.5. The van der Waals surface area contributed by atoms with Gasteiger partial charge in [-0.2, -0.15) is 0 Å². The van der Waals surface area contributed by atoms with Crippen molar-refractivity contribution in [2.75, 3.05) is 13.2 Å². The van der Waals surface area contributed by atoms with Crippen LogP contribution in [0.4, 0.5) is 0 Å². The monoisotopic (exact) mass is 406 g/mol. The first-order valence-electron chi connectivity index (χ1n) is 11.3. The summed E-state index contributed by atoms with van der Waals surface area (Å²) in [5.74, 6) is 0.636. The van der Waals surface area contributed by atoms with Gasteiger partial charge in [0.25, 0.3) is 0 Å². The molecule has 30 heavy (non-hydrogen) atoms. The van der Waals surface area contributed by atoms with Crippen LogP contribution in [0, 0.1) is 0 Å². The number of unbranched alkanes of at least 4 members (excludes halogenated alkanes) is 4. The first-order chi connectivity index (χ1) is 14.6. The molecule has 2 aromatic carbocycles. The average molecular weight is 407 g/mol. The fourth-order valence-corrected chi connectivity index (χ4v) is 3.92. The molecule has 0 heterocycles. The molecule has 0 spiro atoms. The van der Waals surface area contributed by atoms with Gasteiger partial charge >= 0.3 is 5.97 Å². The van der Waals surface area contributed by atoms with E-state index in [1.54, 1.807) is 6.92 Å². The van der Waals surface area contributed by atoms with E-state index in [4.69, 9.17) is 9.47 Å². The number of rotatable bonds is 12. The number of ether oxygens (including phenoxy) is 2. The van der Waals surface area contributed by atoms with Crippen molar-refractivity contribution in [2.24, 2.45) is 0 Å². The van der Waals surface area contributed by atoms with Crippen molar-refractivity contribution in [1.29, 1.82) is 0 Å².